The lowest BCUT2D eigenvalue weighted by molar-refractivity contribution is -0.149. The Hall–Kier alpha value is -1.40. The molecule has 0 aliphatic carbocycles. The van der Waals surface area contributed by atoms with Crippen LogP contribution < -0.4 is 9.61 Å². The molecule has 1 aromatic rings. The van der Waals surface area contributed by atoms with E-state index in [2.05, 4.69) is 5.09 Å². The maximum absolute atomic E-state index is 12.8. The van der Waals surface area contributed by atoms with Crippen molar-refractivity contribution in [1.82, 2.24) is 5.09 Å². The second-order valence-corrected chi connectivity index (χ2v) is 7.37. The summed E-state index contributed by atoms with van der Waals surface area (Å²) in [6.45, 7) is 4.93. The Bertz CT molecular complexity index is 545. The van der Waals surface area contributed by atoms with E-state index in [-0.39, 0.29) is 19.1 Å². The summed E-state index contributed by atoms with van der Waals surface area (Å²) >= 11 is 0. The van der Waals surface area contributed by atoms with Crippen LogP contribution in [0.25, 0.3) is 0 Å². The molecule has 0 heterocycles. The van der Waals surface area contributed by atoms with Gasteiger partial charge in [-0.15, -0.1) is 0 Å². The van der Waals surface area contributed by atoms with Crippen molar-refractivity contribution in [3.8, 4) is 5.75 Å². The van der Waals surface area contributed by atoms with Crippen LogP contribution in [0.1, 0.15) is 26.3 Å². The van der Waals surface area contributed by atoms with E-state index in [1.165, 1.54) is 7.11 Å². The molecule has 0 amide bonds. The SMILES string of the molecule is COCP(=O)(NC(C)C(=O)OC(C)C)Oc1ccc(CO)cc1. The van der Waals surface area contributed by atoms with Crippen LogP contribution in [-0.4, -0.2) is 36.7 Å². The molecule has 8 heteroatoms. The fourth-order valence-electron chi connectivity index (χ4n) is 1.77. The molecule has 0 fully saturated rings. The molecule has 23 heavy (non-hydrogen) atoms. The van der Waals surface area contributed by atoms with Gasteiger partial charge in [-0.3, -0.25) is 9.36 Å². The van der Waals surface area contributed by atoms with Crippen molar-refractivity contribution in [3.05, 3.63) is 29.8 Å². The summed E-state index contributed by atoms with van der Waals surface area (Å²) in [5, 5.41) is 11.7. The molecule has 0 spiro atoms. The van der Waals surface area contributed by atoms with Crippen molar-refractivity contribution in [1.29, 1.82) is 0 Å². The second-order valence-electron chi connectivity index (χ2n) is 5.32. The first-order valence-electron chi connectivity index (χ1n) is 7.25. The van der Waals surface area contributed by atoms with Gasteiger partial charge in [0.25, 0.3) is 0 Å². The minimum Gasteiger partial charge on any atom is -0.462 e. The minimum absolute atomic E-state index is 0.0909. The Balaban J connectivity index is 2.80. The van der Waals surface area contributed by atoms with Gasteiger partial charge in [-0.05, 0) is 38.5 Å². The first kappa shape index (κ1) is 19.6. The molecule has 0 aliphatic rings. The first-order valence-corrected chi connectivity index (χ1v) is 9.06. The van der Waals surface area contributed by atoms with Crippen LogP contribution in [0.15, 0.2) is 24.3 Å². The number of carbonyl (C=O) groups excluding carboxylic acids is 1. The zero-order valence-corrected chi connectivity index (χ0v) is 14.7. The quantitative estimate of drug-likeness (QED) is 0.524. The molecule has 0 saturated carbocycles. The summed E-state index contributed by atoms with van der Waals surface area (Å²) in [4.78, 5) is 11.8. The summed E-state index contributed by atoms with van der Waals surface area (Å²) in [7, 11) is -2.06. The fourth-order valence-corrected chi connectivity index (χ4v) is 3.45. The third-order valence-electron chi connectivity index (χ3n) is 2.75. The minimum atomic E-state index is -3.45. The van der Waals surface area contributed by atoms with E-state index in [4.69, 9.17) is 19.1 Å². The van der Waals surface area contributed by atoms with E-state index in [1.54, 1.807) is 45.0 Å². The van der Waals surface area contributed by atoms with Crippen molar-refractivity contribution < 1.29 is 28.5 Å². The van der Waals surface area contributed by atoms with Gasteiger partial charge in [-0.25, -0.2) is 5.09 Å². The predicted molar refractivity (Wildman–Crippen MR) is 86.3 cm³/mol. The van der Waals surface area contributed by atoms with Gasteiger partial charge in [0.05, 0.1) is 12.7 Å². The van der Waals surface area contributed by atoms with Crippen LogP contribution in [0.3, 0.4) is 0 Å². The van der Waals surface area contributed by atoms with Crippen LogP contribution in [-0.2, 0) is 25.4 Å². The monoisotopic (exact) mass is 345 g/mol. The Morgan fingerprint density at radius 2 is 1.87 bits per heavy atom. The molecule has 0 radical (unpaired) electrons. The molecule has 2 unspecified atom stereocenters. The number of carbonyl (C=O) groups is 1. The summed E-state index contributed by atoms with van der Waals surface area (Å²) in [6, 6.07) is 5.68. The molecular formula is C15H24NO6P. The summed E-state index contributed by atoms with van der Waals surface area (Å²) in [5.41, 5.74) is 0.709. The Morgan fingerprint density at radius 3 is 2.35 bits per heavy atom. The van der Waals surface area contributed by atoms with Crippen LogP contribution >= 0.6 is 7.52 Å². The van der Waals surface area contributed by atoms with E-state index >= 15 is 0 Å². The van der Waals surface area contributed by atoms with E-state index in [0.29, 0.717) is 11.3 Å². The molecule has 0 saturated heterocycles. The molecule has 130 valence electrons. The number of esters is 1. The largest absolute Gasteiger partial charge is 0.462 e. The summed E-state index contributed by atoms with van der Waals surface area (Å²) < 4.78 is 28.3. The van der Waals surface area contributed by atoms with Crippen LogP contribution in [0.5, 0.6) is 5.75 Å². The highest BCUT2D eigenvalue weighted by Crippen LogP contribution is 2.43. The molecule has 1 rings (SSSR count). The third kappa shape index (κ3) is 6.71. The van der Waals surface area contributed by atoms with Crippen molar-refractivity contribution in [2.75, 3.05) is 13.5 Å². The van der Waals surface area contributed by atoms with Crippen LogP contribution in [0, 0.1) is 0 Å². The molecule has 2 atom stereocenters. The zero-order valence-electron chi connectivity index (χ0n) is 13.8. The number of hydrogen-bond donors (Lipinski definition) is 2. The summed E-state index contributed by atoms with van der Waals surface area (Å²) in [6.07, 6.45) is -0.464. The number of aliphatic hydroxyl groups is 1. The van der Waals surface area contributed by atoms with Crippen molar-refractivity contribution in [2.24, 2.45) is 0 Å². The zero-order chi connectivity index (χ0) is 17.5. The van der Waals surface area contributed by atoms with Gasteiger partial charge in [0.15, 0.2) is 0 Å². The smallest absolute Gasteiger partial charge is 0.342 e. The Labute approximate surface area is 136 Å². The van der Waals surface area contributed by atoms with E-state index in [0.717, 1.165) is 0 Å². The molecule has 0 aromatic heterocycles. The molecule has 1 aromatic carbocycles. The lowest BCUT2D eigenvalue weighted by Crippen LogP contribution is -2.36. The third-order valence-corrected chi connectivity index (χ3v) is 4.64. The van der Waals surface area contributed by atoms with Crippen LogP contribution in [0.4, 0.5) is 0 Å². The van der Waals surface area contributed by atoms with Gasteiger partial charge in [0, 0.05) is 7.11 Å². The second kappa shape index (κ2) is 9.03. The van der Waals surface area contributed by atoms with Gasteiger partial charge < -0.3 is 19.1 Å². The maximum Gasteiger partial charge on any atom is 0.342 e. The average Bonchev–Trinajstić information content (AvgIpc) is 2.47. The van der Waals surface area contributed by atoms with E-state index in [1.807, 2.05) is 0 Å². The predicted octanol–water partition coefficient (Wildman–Crippen LogP) is 2.28. The fraction of sp³-hybridized carbons (Fsp3) is 0.533. The standard InChI is InChI=1S/C15H24NO6P/c1-11(2)21-15(18)12(3)16-23(19,10-20-4)22-14-7-5-13(9-17)6-8-14/h5-8,11-12,17H,9-10H2,1-4H3,(H,16,19). The number of aliphatic hydroxyl groups excluding tert-OH is 1. The van der Waals surface area contributed by atoms with E-state index in [9.17, 15) is 9.36 Å². The topological polar surface area (TPSA) is 94.1 Å². The highest BCUT2D eigenvalue weighted by Gasteiger charge is 2.30. The molecule has 2 N–H and O–H groups in total. The van der Waals surface area contributed by atoms with Crippen molar-refractivity contribution >= 4 is 13.5 Å². The number of ether oxygens (including phenoxy) is 2. The van der Waals surface area contributed by atoms with Crippen molar-refractivity contribution in [3.63, 3.8) is 0 Å². The van der Waals surface area contributed by atoms with Crippen molar-refractivity contribution in [2.45, 2.75) is 39.5 Å². The number of methoxy groups -OCH3 is 1. The highest BCUT2D eigenvalue weighted by molar-refractivity contribution is 7.57. The molecule has 0 aliphatic heterocycles. The average molecular weight is 345 g/mol. The van der Waals surface area contributed by atoms with Gasteiger partial charge in [0.1, 0.15) is 18.1 Å². The lowest BCUT2D eigenvalue weighted by atomic mass is 10.2. The number of hydrogen-bond acceptors (Lipinski definition) is 6. The van der Waals surface area contributed by atoms with E-state index < -0.39 is 19.5 Å². The normalized spacial score (nSPS) is 15.0. The first-order chi connectivity index (χ1) is 10.8. The Morgan fingerprint density at radius 1 is 1.26 bits per heavy atom. The van der Waals surface area contributed by atoms with Crippen LogP contribution in [0.2, 0.25) is 0 Å². The van der Waals surface area contributed by atoms with Gasteiger partial charge in [-0.2, -0.15) is 0 Å². The maximum atomic E-state index is 12.8. The van der Waals surface area contributed by atoms with Gasteiger partial charge in [-0.1, -0.05) is 12.1 Å². The van der Waals surface area contributed by atoms with Gasteiger partial charge >= 0.3 is 13.5 Å². The number of rotatable bonds is 9. The summed E-state index contributed by atoms with van der Waals surface area (Å²) in [5.74, 6) is -0.171. The molecule has 7 nitrogen and oxygen atoms in total. The number of benzene rings is 1. The van der Waals surface area contributed by atoms with Gasteiger partial charge in [0.2, 0.25) is 0 Å². The number of nitrogens with one attached hydrogen (secondary N) is 1. The lowest BCUT2D eigenvalue weighted by Gasteiger charge is -2.23. The highest BCUT2D eigenvalue weighted by atomic mass is 31.2. The molecule has 0 bridgehead atoms. The molecular weight excluding hydrogens is 321 g/mol. The Kier molecular flexibility index (Phi) is 7.72.